The van der Waals surface area contributed by atoms with Crippen molar-refractivity contribution in [1.29, 1.82) is 0 Å². The molecule has 36 heavy (non-hydrogen) atoms. The van der Waals surface area contributed by atoms with Crippen LogP contribution in [0.15, 0.2) is 59.2 Å². The van der Waals surface area contributed by atoms with E-state index in [2.05, 4.69) is 62.8 Å². The lowest BCUT2D eigenvalue weighted by atomic mass is 9.89. The molecule has 198 valence electrons. The zero-order valence-corrected chi connectivity index (χ0v) is 24.2. The van der Waals surface area contributed by atoms with Gasteiger partial charge in [0.25, 0.3) is 0 Å². The summed E-state index contributed by atoms with van der Waals surface area (Å²) in [4.78, 5) is 8.76. The number of halogens is 1. The molecule has 2 aliphatic rings. The first kappa shape index (κ1) is 29.1. The second kappa shape index (κ2) is 13.9. The first-order chi connectivity index (χ1) is 17.2. The molecule has 2 heterocycles. The highest BCUT2D eigenvalue weighted by molar-refractivity contribution is 7.79. The van der Waals surface area contributed by atoms with Gasteiger partial charge in [0, 0.05) is 24.6 Å². The van der Waals surface area contributed by atoms with E-state index in [0.29, 0.717) is 5.69 Å². The number of likely N-dealkylation sites (tertiary alicyclic amines) is 1. The third-order valence-electron chi connectivity index (χ3n) is 7.72. The number of nitrogens with zero attached hydrogens (tertiary/aromatic N) is 3. The molecule has 1 aliphatic carbocycles. The number of nitrogens with two attached hydrogens (primary N) is 1. The van der Waals surface area contributed by atoms with Crippen LogP contribution in [-0.2, 0) is 5.75 Å². The fourth-order valence-electron chi connectivity index (χ4n) is 5.40. The summed E-state index contributed by atoms with van der Waals surface area (Å²) in [6, 6.07) is 1.57. The molecule has 0 bridgehead atoms. The summed E-state index contributed by atoms with van der Waals surface area (Å²) in [5.41, 5.74) is 11.8. The number of hydrogen-bond donors (Lipinski definition) is 2. The van der Waals surface area contributed by atoms with Crippen LogP contribution in [0.1, 0.15) is 70.4 Å². The number of thiol groups is 1. The highest BCUT2D eigenvalue weighted by Gasteiger charge is 2.23. The largest absolute Gasteiger partial charge is 0.347 e. The lowest BCUT2D eigenvalue weighted by Crippen LogP contribution is -2.44. The van der Waals surface area contributed by atoms with E-state index in [1.807, 2.05) is 7.05 Å². The zero-order chi connectivity index (χ0) is 26.2. The van der Waals surface area contributed by atoms with Gasteiger partial charge in [-0.1, -0.05) is 25.7 Å². The van der Waals surface area contributed by atoms with Crippen LogP contribution in [0.2, 0.25) is 0 Å². The standard InChI is InChI=1S/C29H44FN4PS/c1-20(25(21(2)35)11-8-9-23-13-15-34(16-14-23)22(3)31)26-10-6-5-7-12-29(26)33(4)24-17-27(30)28(19-36)32-18-24/h11,17-18,22-23,36H,1-2,5-10,12-16,19,31,35H2,3-4H3/b25-11-. The second-order valence-corrected chi connectivity index (χ2v) is 11.3. The van der Waals surface area contributed by atoms with Crippen molar-refractivity contribution in [3.63, 3.8) is 0 Å². The molecule has 0 amide bonds. The number of aromatic nitrogens is 1. The summed E-state index contributed by atoms with van der Waals surface area (Å²) in [5, 5.41) is 0.969. The van der Waals surface area contributed by atoms with Gasteiger partial charge in [-0.25, -0.2) is 4.39 Å². The van der Waals surface area contributed by atoms with Crippen LogP contribution in [0.4, 0.5) is 10.1 Å². The minimum atomic E-state index is -0.311. The summed E-state index contributed by atoms with van der Waals surface area (Å²) in [5.74, 6) is 0.718. The van der Waals surface area contributed by atoms with Crippen molar-refractivity contribution in [3.8, 4) is 0 Å². The van der Waals surface area contributed by atoms with Crippen molar-refractivity contribution in [2.75, 3.05) is 25.0 Å². The molecular formula is C29H44FN4PS. The van der Waals surface area contributed by atoms with Gasteiger partial charge in [-0.15, -0.1) is 9.24 Å². The summed E-state index contributed by atoms with van der Waals surface area (Å²) in [7, 11) is 4.79. The maximum absolute atomic E-state index is 14.5. The molecule has 4 nitrogen and oxygen atoms in total. The molecule has 1 aliphatic heterocycles. The molecule has 1 aromatic rings. The molecule has 3 rings (SSSR count). The molecule has 0 saturated carbocycles. The van der Waals surface area contributed by atoms with Gasteiger partial charge in [0.05, 0.1) is 23.7 Å². The number of anilines is 1. The van der Waals surface area contributed by atoms with Gasteiger partial charge in [-0.05, 0) is 99.3 Å². The Balaban J connectivity index is 1.79. The quantitative estimate of drug-likeness (QED) is 0.195. The Labute approximate surface area is 225 Å². The topological polar surface area (TPSA) is 45.4 Å². The molecule has 7 heteroatoms. The van der Waals surface area contributed by atoms with Crippen molar-refractivity contribution in [2.45, 2.75) is 76.6 Å². The van der Waals surface area contributed by atoms with E-state index in [0.717, 1.165) is 73.3 Å². The molecule has 2 N–H and O–H groups in total. The normalized spacial score (nSPS) is 19.2. The Bertz CT molecular complexity index is 995. The first-order valence-electron chi connectivity index (χ1n) is 13.3. The van der Waals surface area contributed by atoms with E-state index in [1.165, 1.54) is 37.0 Å². The van der Waals surface area contributed by atoms with E-state index in [9.17, 15) is 4.39 Å². The minimum Gasteiger partial charge on any atom is -0.347 e. The van der Waals surface area contributed by atoms with Gasteiger partial charge in [-0.2, -0.15) is 12.6 Å². The van der Waals surface area contributed by atoms with E-state index in [1.54, 1.807) is 12.3 Å². The van der Waals surface area contributed by atoms with Crippen LogP contribution >= 0.6 is 21.9 Å². The smallest absolute Gasteiger partial charge is 0.147 e. The Kier molecular flexibility index (Phi) is 11.2. The van der Waals surface area contributed by atoms with Gasteiger partial charge < -0.3 is 10.6 Å². The van der Waals surface area contributed by atoms with Gasteiger partial charge in [0.15, 0.2) is 0 Å². The van der Waals surface area contributed by atoms with Crippen molar-refractivity contribution in [3.05, 3.63) is 70.7 Å². The summed E-state index contributed by atoms with van der Waals surface area (Å²) >= 11 is 4.18. The Morgan fingerprint density at radius 2 is 2.00 bits per heavy atom. The minimum absolute atomic E-state index is 0.148. The molecular weight excluding hydrogens is 486 g/mol. The summed E-state index contributed by atoms with van der Waals surface area (Å²) in [6.07, 6.45) is 14.2. The SMILES string of the molecule is C=C(P)/C(=C\CCC1CCN(C(C)N)CC1)C(=C)C1=C(N(C)c2cnc(CS)c(F)c2)CCCCC1. The predicted molar refractivity (Wildman–Crippen MR) is 159 cm³/mol. The number of allylic oxidation sites excluding steroid dienone is 6. The van der Waals surface area contributed by atoms with Crippen molar-refractivity contribution < 1.29 is 4.39 Å². The molecule has 1 saturated heterocycles. The molecule has 0 radical (unpaired) electrons. The second-order valence-electron chi connectivity index (χ2n) is 10.2. The van der Waals surface area contributed by atoms with Crippen LogP contribution in [0.3, 0.4) is 0 Å². The lowest BCUT2D eigenvalue weighted by molar-refractivity contribution is 0.140. The zero-order valence-electron chi connectivity index (χ0n) is 22.1. The highest BCUT2D eigenvalue weighted by Crippen LogP contribution is 2.38. The van der Waals surface area contributed by atoms with Crippen LogP contribution in [-0.4, -0.2) is 36.2 Å². The van der Waals surface area contributed by atoms with Gasteiger partial charge in [0.1, 0.15) is 5.82 Å². The third kappa shape index (κ3) is 7.54. The molecule has 1 aromatic heterocycles. The Morgan fingerprint density at radius 3 is 2.61 bits per heavy atom. The average molecular weight is 531 g/mol. The monoisotopic (exact) mass is 530 g/mol. The van der Waals surface area contributed by atoms with Gasteiger partial charge in [0.2, 0.25) is 0 Å². The van der Waals surface area contributed by atoms with Crippen molar-refractivity contribution in [2.24, 2.45) is 11.7 Å². The summed E-state index contributed by atoms with van der Waals surface area (Å²) < 4.78 is 14.5. The molecule has 1 fully saturated rings. The first-order valence-corrected chi connectivity index (χ1v) is 14.5. The van der Waals surface area contributed by atoms with Crippen LogP contribution in [0, 0.1) is 11.7 Å². The van der Waals surface area contributed by atoms with Crippen molar-refractivity contribution in [1.82, 2.24) is 9.88 Å². The summed E-state index contributed by atoms with van der Waals surface area (Å²) in [6.45, 7) is 13.1. The molecule has 2 atom stereocenters. The predicted octanol–water partition coefficient (Wildman–Crippen LogP) is 6.97. The van der Waals surface area contributed by atoms with E-state index >= 15 is 0 Å². The maximum Gasteiger partial charge on any atom is 0.147 e. The number of piperidine rings is 1. The van der Waals surface area contributed by atoms with Gasteiger partial charge in [-0.3, -0.25) is 9.88 Å². The number of rotatable bonds is 10. The molecule has 2 unspecified atom stereocenters. The lowest BCUT2D eigenvalue weighted by Gasteiger charge is -2.34. The van der Waals surface area contributed by atoms with Crippen molar-refractivity contribution >= 4 is 27.6 Å². The Hall–Kier alpha value is -1.46. The van der Waals surface area contributed by atoms with E-state index in [4.69, 9.17) is 5.73 Å². The van der Waals surface area contributed by atoms with E-state index in [-0.39, 0.29) is 17.7 Å². The Morgan fingerprint density at radius 1 is 1.31 bits per heavy atom. The van der Waals surface area contributed by atoms with Gasteiger partial charge >= 0.3 is 0 Å². The number of hydrogen-bond acceptors (Lipinski definition) is 5. The average Bonchev–Trinajstić information content (AvgIpc) is 3.12. The fraction of sp³-hybridized carbons (Fsp3) is 0.552. The maximum atomic E-state index is 14.5. The third-order valence-corrected chi connectivity index (χ3v) is 8.33. The fourth-order valence-corrected chi connectivity index (χ4v) is 5.92. The highest BCUT2D eigenvalue weighted by atomic mass is 32.1. The van der Waals surface area contributed by atoms with E-state index < -0.39 is 0 Å². The van der Waals surface area contributed by atoms with Crippen LogP contribution in [0.25, 0.3) is 0 Å². The molecule has 0 aromatic carbocycles. The van der Waals surface area contributed by atoms with Crippen LogP contribution in [0.5, 0.6) is 0 Å². The molecule has 0 spiro atoms. The van der Waals surface area contributed by atoms with Crippen LogP contribution < -0.4 is 10.6 Å². The number of pyridine rings is 1.